The average Bonchev–Trinajstić information content (AvgIpc) is 3.24. The van der Waals surface area contributed by atoms with Crippen molar-refractivity contribution in [1.82, 2.24) is 15.1 Å². The number of carbonyl (C=O) groups is 1. The third kappa shape index (κ3) is 3.80. The number of para-hydroxylation sites is 2. The zero-order valence-corrected chi connectivity index (χ0v) is 14.4. The maximum atomic E-state index is 12.5. The van der Waals surface area contributed by atoms with Crippen molar-refractivity contribution in [3.8, 4) is 5.69 Å². The number of amides is 1. The van der Waals surface area contributed by atoms with Crippen LogP contribution in [0.25, 0.3) is 5.69 Å². The molecule has 1 saturated carbocycles. The second-order valence-electron chi connectivity index (χ2n) is 6.04. The third-order valence-electron chi connectivity index (χ3n) is 4.48. The number of hydrogen-bond donors (Lipinski definition) is 2. The van der Waals surface area contributed by atoms with E-state index in [1.165, 1.54) is 10.7 Å². The molecule has 1 aromatic carbocycles. The van der Waals surface area contributed by atoms with Crippen LogP contribution in [0.2, 0.25) is 0 Å². The van der Waals surface area contributed by atoms with E-state index in [1.54, 1.807) is 30.5 Å². The summed E-state index contributed by atoms with van der Waals surface area (Å²) in [5.41, 5.74) is 5.93. The van der Waals surface area contributed by atoms with Crippen LogP contribution in [-0.4, -0.2) is 32.7 Å². The molecule has 1 aliphatic carbocycles. The Kier molecular flexibility index (Phi) is 5.76. The predicted molar refractivity (Wildman–Crippen MR) is 95.2 cm³/mol. The van der Waals surface area contributed by atoms with Gasteiger partial charge in [-0.1, -0.05) is 25.0 Å². The summed E-state index contributed by atoms with van der Waals surface area (Å²) in [4.78, 5) is 23.1. The minimum Gasteiger partial charge on any atom is -0.344 e. The van der Waals surface area contributed by atoms with Gasteiger partial charge in [-0.3, -0.25) is 14.9 Å². The lowest BCUT2D eigenvalue weighted by molar-refractivity contribution is -0.384. The van der Waals surface area contributed by atoms with Crippen molar-refractivity contribution in [2.24, 2.45) is 5.73 Å². The Balaban J connectivity index is 0.00000225. The van der Waals surface area contributed by atoms with Crippen molar-refractivity contribution in [2.75, 3.05) is 6.54 Å². The van der Waals surface area contributed by atoms with Gasteiger partial charge in [0.25, 0.3) is 11.6 Å². The van der Waals surface area contributed by atoms with E-state index in [0.29, 0.717) is 12.2 Å². The van der Waals surface area contributed by atoms with Crippen molar-refractivity contribution in [2.45, 2.75) is 31.2 Å². The number of hydrogen-bond acceptors (Lipinski definition) is 5. The van der Waals surface area contributed by atoms with Crippen LogP contribution in [-0.2, 0) is 0 Å². The molecule has 1 fully saturated rings. The highest BCUT2D eigenvalue weighted by Crippen LogP contribution is 2.29. The van der Waals surface area contributed by atoms with Crippen LogP contribution in [0.3, 0.4) is 0 Å². The van der Waals surface area contributed by atoms with E-state index in [-0.39, 0.29) is 35.2 Å². The first kappa shape index (κ1) is 18.9. The van der Waals surface area contributed by atoms with Crippen molar-refractivity contribution in [3.05, 3.63) is 52.3 Å². The molecule has 0 unspecified atom stereocenters. The van der Waals surface area contributed by atoms with E-state index in [1.807, 2.05) is 0 Å². The Bertz CT molecular complexity index is 771. The summed E-state index contributed by atoms with van der Waals surface area (Å²) in [6.45, 7) is 0.392. The van der Waals surface area contributed by atoms with Crippen molar-refractivity contribution >= 4 is 24.0 Å². The van der Waals surface area contributed by atoms with Gasteiger partial charge in [0.1, 0.15) is 5.69 Å². The Morgan fingerprint density at radius 3 is 2.64 bits per heavy atom. The van der Waals surface area contributed by atoms with Crippen molar-refractivity contribution in [1.29, 1.82) is 0 Å². The number of carbonyl (C=O) groups excluding carboxylic acids is 1. The number of nitrogens with two attached hydrogens (primary N) is 1. The maximum absolute atomic E-state index is 12.5. The summed E-state index contributed by atoms with van der Waals surface area (Å²) < 4.78 is 1.34. The summed E-state index contributed by atoms with van der Waals surface area (Å²) in [7, 11) is 0. The molecule has 0 atom stereocenters. The number of nitro groups is 1. The third-order valence-corrected chi connectivity index (χ3v) is 4.48. The quantitative estimate of drug-likeness (QED) is 0.622. The summed E-state index contributed by atoms with van der Waals surface area (Å²) >= 11 is 0. The zero-order valence-electron chi connectivity index (χ0n) is 13.6. The number of rotatable bonds is 5. The largest absolute Gasteiger partial charge is 0.344 e. The van der Waals surface area contributed by atoms with Crippen molar-refractivity contribution < 1.29 is 9.72 Å². The smallest absolute Gasteiger partial charge is 0.294 e. The normalized spacial score (nSPS) is 15.4. The van der Waals surface area contributed by atoms with Gasteiger partial charge in [-0.05, 0) is 25.0 Å². The van der Waals surface area contributed by atoms with Gasteiger partial charge in [-0.15, -0.1) is 12.4 Å². The summed E-state index contributed by atoms with van der Waals surface area (Å²) in [6.07, 6.45) is 5.35. The van der Waals surface area contributed by atoms with Crippen LogP contribution in [0.4, 0.5) is 5.69 Å². The van der Waals surface area contributed by atoms with E-state index in [4.69, 9.17) is 5.73 Å². The molecule has 0 aliphatic heterocycles. The van der Waals surface area contributed by atoms with E-state index < -0.39 is 4.92 Å². The Morgan fingerprint density at radius 2 is 2.00 bits per heavy atom. The molecular weight excluding hydrogens is 346 g/mol. The standard InChI is InChI=1S/C16H19N5O3.ClH/c17-11-16(8-3-4-9-16)18-15(22)12-7-10-20(19-12)13-5-1-2-6-14(13)21(23)24;/h1-2,5-7,10H,3-4,8-9,11,17H2,(H,18,22);1H. The molecule has 1 heterocycles. The molecule has 3 rings (SSSR count). The van der Waals surface area contributed by atoms with Crippen LogP contribution in [0, 0.1) is 10.1 Å². The maximum Gasteiger partial charge on any atom is 0.294 e. The monoisotopic (exact) mass is 365 g/mol. The van der Waals surface area contributed by atoms with Gasteiger partial charge in [-0.2, -0.15) is 5.10 Å². The lowest BCUT2D eigenvalue weighted by atomic mass is 9.97. The zero-order chi connectivity index (χ0) is 17.2. The Morgan fingerprint density at radius 1 is 1.32 bits per heavy atom. The van der Waals surface area contributed by atoms with Gasteiger partial charge in [0.05, 0.1) is 10.5 Å². The molecule has 0 bridgehead atoms. The molecule has 0 saturated heterocycles. The Hall–Kier alpha value is -2.45. The van der Waals surface area contributed by atoms with E-state index in [2.05, 4.69) is 10.4 Å². The van der Waals surface area contributed by atoms with Crippen molar-refractivity contribution in [3.63, 3.8) is 0 Å². The highest BCUT2D eigenvalue weighted by molar-refractivity contribution is 5.92. The minimum absolute atomic E-state index is 0. The molecule has 0 spiro atoms. The number of nitrogens with one attached hydrogen (secondary N) is 1. The molecular formula is C16H20ClN5O3. The average molecular weight is 366 g/mol. The molecule has 2 aromatic rings. The summed E-state index contributed by atoms with van der Waals surface area (Å²) in [5, 5.41) is 18.3. The van der Waals surface area contributed by atoms with Gasteiger partial charge in [0.2, 0.25) is 0 Å². The van der Waals surface area contributed by atoms with Gasteiger partial charge in [-0.25, -0.2) is 4.68 Å². The molecule has 9 heteroatoms. The lowest BCUT2D eigenvalue weighted by Crippen LogP contribution is -2.51. The Labute approximate surface area is 151 Å². The SMILES string of the molecule is Cl.NCC1(NC(=O)c2ccn(-c3ccccc3[N+](=O)[O-])n2)CCCC1. The molecule has 3 N–H and O–H groups in total. The molecule has 134 valence electrons. The molecule has 1 aromatic heterocycles. The fourth-order valence-electron chi connectivity index (χ4n) is 3.13. The second-order valence-corrected chi connectivity index (χ2v) is 6.04. The van der Waals surface area contributed by atoms with Crippen LogP contribution < -0.4 is 11.1 Å². The lowest BCUT2D eigenvalue weighted by Gasteiger charge is -2.28. The van der Waals surface area contributed by atoms with Crippen LogP contribution in [0.1, 0.15) is 36.2 Å². The van der Waals surface area contributed by atoms with Crippen LogP contribution in [0.5, 0.6) is 0 Å². The van der Waals surface area contributed by atoms with E-state index in [9.17, 15) is 14.9 Å². The fraction of sp³-hybridized carbons (Fsp3) is 0.375. The van der Waals surface area contributed by atoms with Crippen LogP contribution in [0.15, 0.2) is 36.5 Å². The number of halogens is 1. The van der Waals surface area contributed by atoms with Crippen LogP contribution >= 0.6 is 12.4 Å². The summed E-state index contributed by atoms with van der Waals surface area (Å²) in [5.74, 6) is -0.306. The topological polar surface area (TPSA) is 116 Å². The first-order valence-electron chi connectivity index (χ1n) is 7.87. The number of nitrogens with zero attached hydrogens (tertiary/aromatic N) is 3. The number of aromatic nitrogens is 2. The minimum atomic E-state index is -0.474. The molecule has 25 heavy (non-hydrogen) atoms. The highest BCUT2D eigenvalue weighted by atomic mass is 35.5. The van der Waals surface area contributed by atoms with Gasteiger partial charge >= 0.3 is 0 Å². The van der Waals surface area contributed by atoms with Gasteiger partial charge in [0.15, 0.2) is 5.69 Å². The van der Waals surface area contributed by atoms with E-state index >= 15 is 0 Å². The fourth-order valence-corrected chi connectivity index (χ4v) is 3.13. The summed E-state index contributed by atoms with van der Waals surface area (Å²) in [6, 6.07) is 7.81. The van der Waals surface area contributed by atoms with E-state index in [0.717, 1.165) is 25.7 Å². The molecule has 1 amide bonds. The highest BCUT2D eigenvalue weighted by Gasteiger charge is 2.34. The second kappa shape index (κ2) is 7.62. The molecule has 8 nitrogen and oxygen atoms in total. The number of benzene rings is 1. The first-order chi connectivity index (χ1) is 11.5. The van der Waals surface area contributed by atoms with Gasteiger partial charge in [0, 0.05) is 18.8 Å². The van der Waals surface area contributed by atoms with Gasteiger partial charge < -0.3 is 11.1 Å². The molecule has 1 aliphatic rings. The predicted octanol–water partition coefficient (Wildman–Crippen LogP) is 2.20. The number of nitro benzene ring substituents is 1. The first-order valence-corrected chi connectivity index (χ1v) is 7.87. The molecule has 0 radical (unpaired) electrons.